The molecule has 1 N–H and O–H groups in total. The SMILES string of the molecule is CS(=O)(=O)c1ccc(N2CCN(C(=O)CNCC3CC3)CC2)c([N+](=O)[O-])c1. The summed E-state index contributed by atoms with van der Waals surface area (Å²) in [5.74, 6) is 0.752. The van der Waals surface area contributed by atoms with E-state index in [-0.39, 0.29) is 16.5 Å². The number of nitrogens with zero attached hydrogens (tertiary/aromatic N) is 3. The van der Waals surface area contributed by atoms with Gasteiger partial charge in [-0.2, -0.15) is 0 Å². The van der Waals surface area contributed by atoms with Gasteiger partial charge in [-0.05, 0) is 37.4 Å². The van der Waals surface area contributed by atoms with Crippen molar-refractivity contribution in [2.75, 3.05) is 50.4 Å². The van der Waals surface area contributed by atoms with Crippen LogP contribution in [0.4, 0.5) is 11.4 Å². The third kappa shape index (κ3) is 4.95. The van der Waals surface area contributed by atoms with Crippen molar-refractivity contribution in [2.45, 2.75) is 17.7 Å². The van der Waals surface area contributed by atoms with E-state index in [1.807, 2.05) is 4.90 Å². The molecule has 1 aliphatic heterocycles. The van der Waals surface area contributed by atoms with Crippen LogP contribution in [0.1, 0.15) is 12.8 Å². The van der Waals surface area contributed by atoms with Gasteiger partial charge in [0, 0.05) is 38.5 Å². The molecule has 9 nitrogen and oxygen atoms in total. The van der Waals surface area contributed by atoms with Crippen LogP contribution in [0.3, 0.4) is 0 Å². The lowest BCUT2D eigenvalue weighted by molar-refractivity contribution is -0.384. The van der Waals surface area contributed by atoms with Gasteiger partial charge in [0.05, 0.1) is 16.4 Å². The molecule has 1 aromatic rings. The molecule has 1 saturated carbocycles. The summed E-state index contributed by atoms with van der Waals surface area (Å²) in [6.07, 6.45) is 3.49. The van der Waals surface area contributed by atoms with Crippen molar-refractivity contribution in [2.24, 2.45) is 5.92 Å². The van der Waals surface area contributed by atoms with Gasteiger partial charge in [0.15, 0.2) is 9.84 Å². The Morgan fingerprint density at radius 3 is 2.48 bits per heavy atom. The maximum absolute atomic E-state index is 12.2. The van der Waals surface area contributed by atoms with Gasteiger partial charge in [-0.1, -0.05) is 0 Å². The van der Waals surface area contributed by atoms with Crippen LogP contribution < -0.4 is 10.2 Å². The maximum Gasteiger partial charge on any atom is 0.293 e. The highest BCUT2D eigenvalue weighted by Crippen LogP contribution is 2.31. The van der Waals surface area contributed by atoms with Crippen molar-refractivity contribution >= 4 is 27.1 Å². The summed E-state index contributed by atoms with van der Waals surface area (Å²) in [4.78, 5) is 26.6. The van der Waals surface area contributed by atoms with Crippen LogP contribution in [-0.4, -0.2) is 69.7 Å². The Morgan fingerprint density at radius 2 is 1.93 bits per heavy atom. The number of nitrogens with one attached hydrogen (secondary N) is 1. The second kappa shape index (κ2) is 7.81. The Balaban J connectivity index is 1.63. The van der Waals surface area contributed by atoms with Gasteiger partial charge >= 0.3 is 0 Å². The van der Waals surface area contributed by atoms with Gasteiger partial charge in [0.1, 0.15) is 5.69 Å². The highest BCUT2D eigenvalue weighted by molar-refractivity contribution is 7.90. The van der Waals surface area contributed by atoms with E-state index in [0.717, 1.165) is 18.9 Å². The summed E-state index contributed by atoms with van der Waals surface area (Å²) >= 11 is 0. The van der Waals surface area contributed by atoms with Crippen LogP contribution in [0.5, 0.6) is 0 Å². The van der Waals surface area contributed by atoms with Gasteiger partial charge in [-0.15, -0.1) is 0 Å². The predicted octanol–water partition coefficient (Wildman–Crippen LogP) is 0.647. The minimum atomic E-state index is -3.52. The largest absolute Gasteiger partial charge is 0.362 e. The molecule has 148 valence electrons. The van der Waals surface area contributed by atoms with Crippen molar-refractivity contribution in [3.63, 3.8) is 0 Å². The highest BCUT2D eigenvalue weighted by Gasteiger charge is 2.27. The Kier molecular flexibility index (Phi) is 5.66. The zero-order valence-electron chi connectivity index (χ0n) is 15.3. The van der Waals surface area contributed by atoms with E-state index >= 15 is 0 Å². The second-order valence-corrected chi connectivity index (χ2v) is 9.14. The second-order valence-electron chi connectivity index (χ2n) is 7.12. The fourth-order valence-corrected chi connectivity index (χ4v) is 3.80. The van der Waals surface area contributed by atoms with Crippen molar-refractivity contribution in [3.8, 4) is 0 Å². The third-order valence-corrected chi connectivity index (χ3v) is 6.06. The van der Waals surface area contributed by atoms with Crippen LogP contribution in [0.25, 0.3) is 0 Å². The molecule has 2 fully saturated rings. The number of carbonyl (C=O) groups is 1. The summed E-state index contributed by atoms with van der Waals surface area (Å²) < 4.78 is 23.3. The molecule has 10 heteroatoms. The van der Waals surface area contributed by atoms with E-state index in [9.17, 15) is 23.3 Å². The lowest BCUT2D eigenvalue weighted by Gasteiger charge is -2.36. The predicted molar refractivity (Wildman–Crippen MR) is 101 cm³/mol. The molecule has 1 aromatic carbocycles. The van der Waals surface area contributed by atoms with Crippen molar-refractivity contribution in [3.05, 3.63) is 28.3 Å². The number of anilines is 1. The Labute approximate surface area is 158 Å². The van der Waals surface area contributed by atoms with Gasteiger partial charge < -0.3 is 15.1 Å². The zero-order chi connectivity index (χ0) is 19.6. The number of sulfone groups is 1. The fourth-order valence-electron chi connectivity index (χ4n) is 3.16. The number of hydrogen-bond donors (Lipinski definition) is 1. The van der Waals surface area contributed by atoms with E-state index in [4.69, 9.17) is 0 Å². The first kappa shape index (κ1) is 19.6. The van der Waals surface area contributed by atoms with Crippen LogP contribution in [0, 0.1) is 16.0 Å². The number of nitro groups is 1. The smallest absolute Gasteiger partial charge is 0.293 e. The molecule has 1 amide bonds. The molecule has 2 aliphatic rings. The van der Waals surface area contributed by atoms with Crippen LogP contribution in [-0.2, 0) is 14.6 Å². The van der Waals surface area contributed by atoms with Crippen LogP contribution in [0.2, 0.25) is 0 Å². The molecule has 1 saturated heterocycles. The van der Waals surface area contributed by atoms with E-state index in [1.165, 1.54) is 25.0 Å². The number of carbonyl (C=O) groups excluding carboxylic acids is 1. The molecule has 0 aromatic heterocycles. The van der Waals surface area contributed by atoms with Gasteiger partial charge in [0.2, 0.25) is 5.91 Å². The third-order valence-electron chi connectivity index (χ3n) is 4.95. The van der Waals surface area contributed by atoms with E-state index < -0.39 is 14.8 Å². The Morgan fingerprint density at radius 1 is 1.26 bits per heavy atom. The number of benzene rings is 1. The monoisotopic (exact) mass is 396 g/mol. The summed E-state index contributed by atoms with van der Waals surface area (Å²) in [6, 6.07) is 3.96. The van der Waals surface area contributed by atoms with Gasteiger partial charge in [-0.3, -0.25) is 14.9 Å². The summed E-state index contributed by atoms with van der Waals surface area (Å²) in [7, 11) is -3.52. The number of nitro benzene ring substituents is 1. The Bertz CT molecular complexity index is 830. The first-order chi connectivity index (χ1) is 12.8. The quantitative estimate of drug-likeness (QED) is 0.532. The van der Waals surface area contributed by atoms with E-state index in [1.54, 1.807) is 4.90 Å². The van der Waals surface area contributed by atoms with Gasteiger partial charge in [-0.25, -0.2) is 8.42 Å². The number of hydrogen-bond acceptors (Lipinski definition) is 7. The highest BCUT2D eigenvalue weighted by atomic mass is 32.2. The maximum atomic E-state index is 12.2. The van der Waals surface area contributed by atoms with Gasteiger partial charge in [0.25, 0.3) is 5.69 Å². The van der Waals surface area contributed by atoms with Crippen LogP contribution >= 0.6 is 0 Å². The minimum Gasteiger partial charge on any atom is -0.362 e. The van der Waals surface area contributed by atoms with Crippen molar-refractivity contribution < 1.29 is 18.1 Å². The van der Waals surface area contributed by atoms with E-state index in [2.05, 4.69) is 5.32 Å². The molecule has 0 spiro atoms. The molecule has 1 aliphatic carbocycles. The molecule has 0 atom stereocenters. The molecular formula is C17H24N4O5S. The summed E-state index contributed by atoms with van der Waals surface area (Å²) in [5, 5.41) is 14.6. The Hall–Kier alpha value is -2.20. The van der Waals surface area contributed by atoms with Crippen LogP contribution in [0.15, 0.2) is 23.1 Å². The lowest BCUT2D eigenvalue weighted by Crippen LogP contribution is -2.51. The average molecular weight is 396 g/mol. The number of amides is 1. The molecule has 27 heavy (non-hydrogen) atoms. The molecule has 0 unspecified atom stereocenters. The van der Waals surface area contributed by atoms with Crippen molar-refractivity contribution in [1.29, 1.82) is 0 Å². The average Bonchev–Trinajstić information content (AvgIpc) is 3.45. The lowest BCUT2D eigenvalue weighted by atomic mass is 10.2. The van der Waals surface area contributed by atoms with Crippen molar-refractivity contribution in [1.82, 2.24) is 10.2 Å². The fraction of sp³-hybridized carbons (Fsp3) is 0.588. The number of piperazine rings is 1. The molecular weight excluding hydrogens is 372 g/mol. The normalized spacial score (nSPS) is 17.8. The number of rotatable bonds is 7. The molecule has 3 rings (SSSR count). The zero-order valence-corrected chi connectivity index (χ0v) is 16.1. The topological polar surface area (TPSA) is 113 Å². The molecule has 0 radical (unpaired) electrons. The summed E-state index contributed by atoms with van der Waals surface area (Å²) in [6.45, 7) is 3.09. The van der Waals surface area contributed by atoms with E-state index in [0.29, 0.717) is 44.3 Å². The molecule has 1 heterocycles. The summed E-state index contributed by atoms with van der Waals surface area (Å²) in [5.41, 5.74) is 0.148. The first-order valence-electron chi connectivity index (χ1n) is 8.97. The standard InChI is InChI=1S/C17H24N4O5S/c1-27(25,26)14-4-5-15(16(10-14)21(23)24)19-6-8-20(9-7-19)17(22)12-18-11-13-2-3-13/h4-5,10,13,18H,2-3,6-9,11-12H2,1H3. The first-order valence-corrected chi connectivity index (χ1v) is 10.9. The molecule has 0 bridgehead atoms. The minimum absolute atomic E-state index is 0.0391.